The monoisotopic (exact) mass is 374 g/mol. The van der Waals surface area contributed by atoms with Crippen LogP contribution in [0.1, 0.15) is 51.7 Å². The molecule has 0 radical (unpaired) electrons. The molecule has 0 spiro atoms. The van der Waals surface area contributed by atoms with E-state index in [9.17, 15) is 17.6 Å². The molecule has 148 valence electrons. The van der Waals surface area contributed by atoms with Crippen molar-refractivity contribution >= 4 is 0 Å². The molecule has 2 nitrogen and oxygen atoms in total. The van der Waals surface area contributed by atoms with Crippen LogP contribution >= 0.6 is 0 Å². The Morgan fingerprint density at radius 2 is 1.77 bits per heavy atom. The molecule has 26 heavy (non-hydrogen) atoms. The zero-order valence-corrected chi connectivity index (χ0v) is 16.0. The highest BCUT2D eigenvalue weighted by molar-refractivity contribution is 5.27. The van der Waals surface area contributed by atoms with Gasteiger partial charge in [0.2, 0.25) is 0 Å². The van der Waals surface area contributed by atoms with Gasteiger partial charge in [-0.1, -0.05) is 33.8 Å². The van der Waals surface area contributed by atoms with Crippen LogP contribution in [0.5, 0.6) is 0 Å². The first-order valence-corrected chi connectivity index (χ1v) is 9.39. The molecule has 0 amide bonds. The molecule has 1 fully saturated rings. The van der Waals surface area contributed by atoms with Gasteiger partial charge >= 0.3 is 6.18 Å². The Labute approximate surface area is 154 Å². The first-order chi connectivity index (χ1) is 12.1. The maximum absolute atomic E-state index is 13.6. The maximum Gasteiger partial charge on any atom is 0.419 e. The van der Waals surface area contributed by atoms with Gasteiger partial charge in [-0.25, -0.2) is 4.39 Å². The summed E-state index contributed by atoms with van der Waals surface area (Å²) in [5.74, 6) is -0.151. The van der Waals surface area contributed by atoms with E-state index < -0.39 is 17.6 Å². The van der Waals surface area contributed by atoms with Crippen LogP contribution in [0.25, 0.3) is 0 Å². The summed E-state index contributed by atoms with van der Waals surface area (Å²) < 4.78 is 52.5. The molecule has 1 aliphatic rings. The molecule has 0 aromatic heterocycles. The summed E-state index contributed by atoms with van der Waals surface area (Å²) in [6, 6.07) is 3.97. The van der Waals surface area contributed by atoms with E-state index in [0.717, 1.165) is 38.1 Å². The summed E-state index contributed by atoms with van der Waals surface area (Å²) >= 11 is 0. The van der Waals surface area contributed by atoms with E-state index in [2.05, 4.69) is 37.9 Å². The first kappa shape index (κ1) is 21.2. The fraction of sp³-hybridized carbons (Fsp3) is 0.700. The molecule has 1 heterocycles. The molecule has 0 aliphatic carbocycles. The average molecular weight is 374 g/mol. The van der Waals surface area contributed by atoms with Gasteiger partial charge in [0.1, 0.15) is 5.82 Å². The molecule has 1 N–H and O–H groups in total. The SMILES string of the molecule is CC(C)C[C@H]1CN(Cc2ccc(F)c(C(F)(F)F)c2)[C@@H](CC(C)C)CN1. The van der Waals surface area contributed by atoms with Gasteiger partial charge in [-0.3, -0.25) is 4.90 Å². The van der Waals surface area contributed by atoms with Crippen molar-refractivity contribution in [3.05, 3.63) is 35.1 Å². The highest BCUT2D eigenvalue weighted by atomic mass is 19.4. The molecule has 2 atom stereocenters. The third-order valence-electron chi connectivity index (χ3n) is 4.83. The van der Waals surface area contributed by atoms with E-state index in [-0.39, 0.29) is 6.04 Å². The van der Waals surface area contributed by atoms with E-state index in [0.29, 0.717) is 30.0 Å². The fourth-order valence-corrected chi connectivity index (χ4v) is 3.75. The second kappa shape index (κ2) is 8.70. The van der Waals surface area contributed by atoms with Crippen LogP contribution in [0.2, 0.25) is 0 Å². The van der Waals surface area contributed by atoms with E-state index >= 15 is 0 Å². The van der Waals surface area contributed by atoms with Gasteiger partial charge in [-0.15, -0.1) is 0 Å². The number of rotatable bonds is 6. The summed E-state index contributed by atoms with van der Waals surface area (Å²) in [7, 11) is 0. The standard InChI is InChI=1S/C20H30F4N2/c1-13(2)7-16-12-26(17(10-25-16)8-14(3)4)11-15-5-6-19(21)18(9-15)20(22,23)24/h5-6,9,13-14,16-17,25H,7-8,10-12H2,1-4H3/t16-,17-/m0/s1. The smallest absolute Gasteiger partial charge is 0.311 e. The number of benzene rings is 1. The number of alkyl halides is 3. The topological polar surface area (TPSA) is 15.3 Å². The Hall–Kier alpha value is -1.14. The number of hydrogen-bond acceptors (Lipinski definition) is 2. The van der Waals surface area contributed by atoms with Gasteiger partial charge in [0.15, 0.2) is 0 Å². The highest BCUT2D eigenvalue weighted by Crippen LogP contribution is 2.32. The van der Waals surface area contributed by atoms with E-state index in [1.807, 2.05) is 0 Å². The molecule has 2 rings (SSSR count). The van der Waals surface area contributed by atoms with Gasteiger partial charge in [0.05, 0.1) is 5.56 Å². The number of piperazine rings is 1. The van der Waals surface area contributed by atoms with Crippen LogP contribution in [0.15, 0.2) is 18.2 Å². The predicted octanol–water partition coefficient (Wildman–Crippen LogP) is 5.08. The lowest BCUT2D eigenvalue weighted by molar-refractivity contribution is -0.140. The Balaban J connectivity index is 2.18. The maximum atomic E-state index is 13.6. The van der Waals surface area contributed by atoms with Gasteiger partial charge in [0.25, 0.3) is 0 Å². The second-order valence-corrected chi connectivity index (χ2v) is 8.26. The fourth-order valence-electron chi connectivity index (χ4n) is 3.75. The summed E-state index contributed by atoms with van der Waals surface area (Å²) in [4.78, 5) is 2.26. The molecule has 1 saturated heterocycles. The van der Waals surface area contributed by atoms with Crippen LogP contribution < -0.4 is 5.32 Å². The minimum absolute atomic E-state index is 0.276. The molecular weight excluding hydrogens is 344 g/mol. The van der Waals surface area contributed by atoms with Gasteiger partial charge < -0.3 is 5.32 Å². The first-order valence-electron chi connectivity index (χ1n) is 9.39. The highest BCUT2D eigenvalue weighted by Gasteiger charge is 2.35. The Morgan fingerprint density at radius 3 is 2.35 bits per heavy atom. The zero-order chi connectivity index (χ0) is 19.5. The quantitative estimate of drug-likeness (QED) is 0.699. The Bertz CT molecular complexity index is 584. The normalized spacial score (nSPS) is 22.4. The van der Waals surface area contributed by atoms with Crippen molar-refractivity contribution in [2.45, 2.75) is 65.3 Å². The minimum Gasteiger partial charge on any atom is -0.311 e. The summed E-state index contributed by atoms with van der Waals surface area (Å²) in [6.07, 6.45) is -2.65. The average Bonchev–Trinajstić information content (AvgIpc) is 2.49. The molecule has 0 bridgehead atoms. The van der Waals surface area contributed by atoms with Crippen molar-refractivity contribution in [2.24, 2.45) is 11.8 Å². The van der Waals surface area contributed by atoms with Crippen molar-refractivity contribution in [1.29, 1.82) is 0 Å². The van der Waals surface area contributed by atoms with Crippen molar-refractivity contribution in [2.75, 3.05) is 13.1 Å². The molecular formula is C20H30F4N2. The van der Waals surface area contributed by atoms with E-state index in [1.165, 1.54) is 6.07 Å². The van der Waals surface area contributed by atoms with Crippen LogP contribution in [-0.2, 0) is 12.7 Å². The molecule has 6 heteroatoms. The minimum atomic E-state index is -4.67. The summed E-state index contributed by atoms with van der Waals surface area (Å²) in [5, 5.41) is 3.58. The summed E-state index contributed by atoms with van der Waals surface area (Å²) in [6.45, 7) is 10.7. The van der Waals surface area contributed by atoms with Crippen molar-refractivity contribution in [1.82, 2.24) is 10.2 Å². The Kier molecular flexibility index (Phi) is 7.08. The largest absolute Gasteiger partial charge is 0.419 e. The molecule has 0 unspecified atom stereocenters. The van der Waals surface area contributed by atoms with E-state index in [1.54, 1.807) is 0 Å². The van der Waals surface area contributed by atoms with Crippen molar-refractivity contribution in [3.63, 3.8) is 0 Å². The predicted molar refractivity (Wildman–Crippen MR) is 96.3 cm³/mol. The second-order valence-electron chi connectivity index (χ2n) is 8.26. The number of nitrogens with zero attached hydrogens (tertiary/aromatic N) is 1. The van der Waals surface area contributed by atoms with Crippen LogP contribution in [0.3, 0.4) is 0 Å². The van der Waals surface area contributed by atoms with Gasteiger partial charge in [-0.2, -0.15) is 13.2 Å². The van der Waals surface area contributed by atoms with Crippen molar-refractivity contribution < 1.29 is 17.6 Å². The molecule has 1 aliphatic heterocycles. The lowest BCUT2D eigenvalue weighted by Gasteiger charge is -2.42. The van der Waals surface area contributed by atoms with Crippen LogP contribution in [-0.4, -0.2) is 30.1 Å². The van der Waals surface area contributed by atoms with Crippen molar-refractivity contribution in [3.8, 4) is 0 Å². The molecule has 1 aromatic rings. The summed E-state index contributed by atoms with van der Waals surface area (Å²) in [5.41, 5.74) is -0.665. The number of hydrogen-bond donors (Lipinski definition) is 1. The molecule has 1 aromatic carbocycles. The van der Waals surface area contributed by atoms with Gasteiger partial charge in [0, 0.05) is 31.7 Å². The number of nitrogens with one attached hydrogen (secondary N) is 1. The number of halogens is 4. The third kappa shape index (κ3) is 5.95. The lowest BCUT2D eigenvalue weighted by Crippen LogP contribution is -2.56. The molecule has 0 saturated carbocycles. The van der Waals surface area contributed by atoms with Crippen LogP contribution in [0.4, 0.5) is 17.6 Å². The lowest BCUT2D eigenvalue weighted by atomic mass is 9.95. The van der Waals surface area contributed by atoms with E-state index in [4.69, 9.17) is 0 Å². The third-order valence-corrected chi connectivity index (χ3v) is 4.83. The van der Waals surface area contributed by atoms with Gasteiger partial charge in [-0.05, 0) is 42.4 Å². The Morgan fingerprint density at radius 1 is 1.12 bits per heavy atom. The van der Waals surface area contributed by atoms with Crippen LogP contribution in [0, 0.1) is 17.7 Å². The zero-order valence-electron chi connectivity index (χ0n) is 16.0.